The van der Waals surface area contributed by atoms with Crippen LogP contribution >= 0.6 is 0 Å². The molecule has 20 heavy (non-hydrogen) atoms. The number of rotatable bonds is 6. The van der Waals surface area contributed by atoms with Gasteiger partial charge in [-0.05, 0) is 18.6 Å². The van der Waals surface area contributed by atoms with E-state index < -0.39 is 12.0 Å². The third-order valence-electron chi connectivity index (χ3n) is 2.69. The second kappa shape index (κ2) is 6.56. The summed E-state index contributed by atoms with van der Waals surface area (Å²) in [6, 6.07) is 14.3. The fourth-order valence-corrected chi connectivity index (χ4v) is 1.59. The van der Waals surface area contributed by atoms with E-state index >= 15 is 0 Å². The van der Waals surface area contributed by atoms with Crippen molar-refractivity contribution >= 4 is 11.8 Å². The van der Waals surface area contributed by atoms with Crippen LogP contribution in [0.25, 0.3) is 0 Å². The number of ether oxygens (including phenoxy) is 1. The lowest BCUT2D eigenvalue weighted by Crippen LogP contribution is -2.25. The molecule has 2 N–H and O–H groups in total. The number of hydrogen-bond donors (Lipinski definition) is 2. The zero-order valence-corrected chi connectivity index (χ0v) is 11.1. The van der Waals surface area contributed by atoms with Crippen LogP contribution in [0.15, 0.2) is 48.5 Å². The van der Waals surface area contributed by atoms with Crippen LogP contribution in [0.3, 0.4) is 0 Å². The monoisotopic (exact) mass is 272 g/mol. The number of pyridine rings is 1. The smallest absolute Gasteiger partial charge is 0.325 e. The Labute approximate surface area is 117 Å². The second-order valence-electron chi connectivity index (χ2n) is 4.34. The van der Waals surface area contributed by atoms with Crippen LogP contribution in [0.1, 0.15) is 12.5 Å². The van der Waals surface area contributed by atoms with E-state index in [1.54, 1.807) is 25.1 Å². The summed E-state index contributed by atoms with van der Waals surface area (Å²) < 4.78 is 5.58. The molecular formula is C15H16N2O3. The Kier molecular flexibility index (Phi) is 4.55. The number of carboxylic acid groups (broad SMARTS) is 1. The maximum atomic E-state index is 10.8. The molecule has 1 aromatic heterocycles. The first-order valence-electron chi connectivity index (χ1n) is 6.28. The number of nitrogens with one attached hydrogen (secondary N) is 1. The minimum absolute atomic E-state index is 0.422. The molecule has 1 heterocycles. The highest BCUT2D eigenvalue weighted by Crippen LogP contribution is 2.14. The zero-order chi connectivity index (χ0) is 14.4. The largest absolute Gasteiger partial charge is 0.480 e. The van der Waals surface area contributed by atoms with Crippen molar-refractivity contribution in [2.75, 3.05) is 5.32 Å². The molecule has 1 unspecified atom stereocenters. The van der Waals surface area contributed by atoms with Crippen molar-refractivity contribution in [1.82, 2.24) is 4.98 Å². The number of nitrogens with zero attached hydrogens (tertiary/aromatic N) is 1. The highest BCUT2D eigenvalue weighted by molar-refractivity contribution is 5.76. The molecule has 0 saturated heterocycles. The van der Waals surface area contributed by atoms with Crippen molar-refractivity contribution in [2.24, 2.45) is 0 Å². The topological polar surface area (TPSA) is 71.5 Å². The average molecular weight is 272 g/mol. The summed E-state index contributed by atoms with van der Waals surface area (Å²) in [5.74, 6) is 0.00399. The number of hydrogen-bond acceptors (Lipinski definition) is 4. The van der Waals surface area contributed by atoms with Gasteiger partial charge in [-0.25, -0.2) is 0 Å². The van der Waals surface area contributed by atoms with E-state index in [9.17, 15) is 4.79 Å². The second-order valence-corrected chi connectivity index (χ2v) is 4.34. The normalized spacial score (nSPS) is 11.7. The van der Waals surface area contributed by atoms with E-state index in [2.05, 4.69) is 10.3 Å². The molecule has 2 rings (SSSR count). The summed E-state index contributed by atoms with van der Waals surface area (Å²) in [7, 11) is 0. The van der Waals surface area contributed by atoms with Gasteiger partial charge in [-0.15, -0.1) is 0 Å². The minimum Gasteiger partial charge on any atom is -0.480 e. The summed E-state index contributed by atoms with van der Waals surface area (Å²) in [4.78, 5) is 15.0. The van der Waals surface area contributed by atoms with Gasteiger partial charge in [0.25, 0.3) is 0 Å². The van der Waals surface area contributed by atoms with Crippen molar-refractivity contribution in [3.05, 3.63) is 54.1 Å². The molecule has 0 aliphatic rings. The van der Waals surface area contributed by atoms with Crippen molar-refractivity contribution in [3.8, 4) is 5.88 Å². The fourth-order valence-electron chi connectivity index (χ4n) is 1.59. The molecule has 104 valence electrons. The highest BCUT2D eigenvalue weighted by Gasteiger charge is 2.10. The Balaban J connectivity index is 1.97. The predicted molar refractivity (Wildman–Crippen MR) is 75.7 cm³/mol. The van der Waals surface area contributed by atoms with Gasteiger partial charge in [0.2, 0.25) is 5.88 Å². The lowest BCUT2D eigenvalue weighted by Gasteiger charge is -2.11. The van der Waals surface area contributed by atoms with Crippen molar-refractivity contribution in [2.45, 2.75) is 19.6 Å². The Hall–Kier alpha value is -2.56. The molecule has 0 aliphatic carbocycles. The zero-order valence-electron chi connectivity index (χ0n) is 11.1. The maximum Gasteiger partial charge on any atom is 0.325 e. The van der Waals surface area contributed by atoms with E-state index in [1.165, 1.54) is 0 Å². The maximum absolute atomic E-state index is 10.8. The SMILES string of the molecule is CC(Nc1cccc(OCc2ccccc2)n1)C(=O)O. The van der Waals surface area contributed by atoms with Gasteiger partial charge in [0.05, 0.1) is 0 Å². The molecule has 1 atom stereocenters. The van der Waals surface area contributed by atoms with Crippen LogP contribution in [0.2, 0.25) is 0 Å². The lowest BCUT2D eigenvalue weighted by molar-refractivity contribution is -0.137. The van der Waals surface area contributed by atoms with E-state index in [-0.39, 0.29) is 0 Å². The summed E-state index contributed by atoms with van der Waals surface area (Å²) in [6.07, 6.45) is 0. The summed E-state index contributed by atoms with van der Waals surface area (Å²) >= 11 is 0. The van der Waals surface area contributed by atoms with Crippen LogP contribution in [0, 0.1) is 0 Å². The molecule has 0 spiro atoms. The molecule has 0 radical (unpaired) electrons. The molecule has 5 nitrogen and oxygen atoms in total. The molecule has 0 saturated carbocycles. The molecule has 0 amide bonds. The molecule has 0 aliphatic heterocycles. The number of carbonyl (C=O) groups is 1. The van der Waals surface area contributed by atoms with Crippen LogP contribution in [-0.4, -0.2) is 22.1 Å². The van der Waals surface area contributed by atoms with Gasteiger partial charge in [0.1, 0.15) is 18.5 Å². The number of carboxylic acids is 1. The molecule has 0 fully saturated rings. The minimum atomic E-state index is -0.928. The molecule has 1 aromatic carbocycles. The van der Waals surface area contributed by atoms with Gasteiger partial charge >= 0.3 is 5.97 Å². The van der Waals surface area contributed by atoms with E-state index in [1.807, 2.05) is 30.3 Å². The number of anilines is 1. The van der Waals surface area contributed by atoms with Crippen LogP contribution in [-0.2, 0) is 11.4 Å². The van der Waals surface area contributed by atoms with Crippen LogP contribution < -0.4 is 10.1 Å². The third-order valence-corrected chi connectivity index (χ3v) is 2.69. The third kappa shape index (κ3) is 3.98. The molecule has 2 aromatic rings. The van der Waals surface area contributed by atoms with E-state index in [0.29, 0.717) is 18.3 Å². The van der Waals surface area contributed by atoms with Gasteiger partial charge < -0.3 is 15.2 Å². The first kappa shape index (κ1) is 13.9. The van der Waals surface area contributed by atoms with Gasteiger partial charge in [-0.1, -0.05) is 36.4 Å². The van der Waals surface area contributed by atoms with Crippen LogP contribution in [0.5, 0.6) is 5.88 Å². The Morgan fingerprint density at radius 1 is 1.25 bits per heavy atom. The number of benzene rings is 1. The predicted octanol–water partition coefficient (Wildman–Crippen LogP) is 2.55. The van der Waals surface area contributed by atoms with E-state index in [0.717, 1.165) is 5.56 Å². The van der Waals surface area contributed by atoms with Crippen LogP contribution in [0.4, 0.5) is 5.82 Å². The lowest BCUT2D eigenvalue weighted by atomic mass is 10.2. The van der Waals surface area contributed by atoms with Gasteiger partial charge in [0.15, 0.2) is 0 Å². The summed E-state index contributed by atoms with van der Waals surface area (Å²) in [6.45, 7) is 1.98. The Bertz CT molecular complexity index is 572. The molecule has 5 heteroatoms. The first-order chi connectivity index (χ1) is 9.65. The van der Waals surface area contributed by atoms with Gasteiger partial charge in [-0.3, -0.25) is 4.79 Å². The Morgan fingerprint density at radius 2 is 2.00 bits per heavy atom. The number of aliphatic carboxylic acids is 1. The van der Waals surface area contributed by atoms with Gasteiger partial charge in [-0.2, -0.15) is 4.98 Å². The average Bonchev–Trinajstić information content (AvgIpc) is 2.46. The standard InChI is InChI=1S/C15H16N2O3/c1-11(15(18)19)16-13-8-5-9-14(17-13)20-10-12-6-3-2-4-7-12/h2-9,11H,10H2,1H3,(H,16,17)(H,18,19). The van der Waals surface area contributed by atoms with E-state index in [4.69, 9.17) is 9.84 Å². The van der Waals surface area contributed by atoms with Gasteiger partial charge in [0, 0.05) is 6.07 Å². The highest BCUT2D eigenvalue weighted by atomic mass is 16.5. The Morgan fingerprint density at radius 3 is 2.70 bits per heavy atom. The molecular weight excluding hydrogens is 256 g/mol. The van der Waals surface area contributed by atoms with Crippen molar-refractivity contribution in [3.63, 3.8) is 0 Å². The summed E-state index contributed by atoms with van der Waals surface area (Å²) in [5.41, 5.74) is 1.05. The quantitative estimate of drug-likeness (QED) is 0.845. The summed E-state index contributed by atoms with van der Waals surface area (Å²) in [5, 5.41) is 11.6. The number of aromatic nitrogens is 1. The van der Waals surface area contributed by atoms with Crippen molar-refractivity contribution < 1.29 is 14.6 Å². The first-order valence-corrected chi connectivity index (χ1v) is 6.28. The fraction of sp³-hybridized carbons (Fsp3) is 0.200. The van der Waals surface area contributed by atoms with Crippen molar-refractivity contribution in [1.29, 1.82) is 0 Å². The molecule has 0 bridgehead atoms.